The van der Waals surface area contributed by atoms with Gasteiger partial charge in [0.1, 0.15) is 0 Å². The van der Waals surface area contributed by atoms with E-state index < -0.39 is 15.9 Å². The number of carbonyl (C=O) groups is 1. The molecule has 0 aliphatic carbocycles. The second-order valence-electron chi connectivity index (χ2n) is 8.27. The van der Waals surface area contributed by atoms with Crippen LogP contribution in [-0.4, -0.2) is 40.5 Å². The minimum absolute atomic E-state index is 0.0489. The summed E-state index contributed by atoms with van der Waals surface area (Å²) in [6.45, 7) is 3.87. The molecular weight excluding hydrogens is 428 g/mol. The molecule has 1 fully saturated rings. The molecule has 3 aromatic rings. The zero-order chi connectivity index (χ0) is 23.0. The number of hydrogen-bond donors (Lipinski definition) is 1. The van der Waals surface area contributed by atoms with Crippen LogP contribution in [0.15, 0.2) is 58.2 Å². The quantitative estimate of drug-likeness (QED) is 0.653. The van der Waals surface area contributed by atoms with Crippen molar-refractivity contribution < 1.29 is 13.2 Å². The lowest BCUT2D eigenvalue weighted by molar-refractivity contribution is 0.102. The summed E-state index contributed by atoms with van der Waals surface area (Å²) < 4.78 is 29.1. The van der Waals surface area contributed by atoms with Crippen molar-refractivity contribution in [3.05, 3.63) is 64.6 Å². The molecule has 32 heavy (non-hydrogen) atoms. The number of nitrogens with one attached hydrogen (secondary N) is 1. The Hall–Kier alpha value is -3.04. The van der Waals surface area contributed by atoms with E-state index in [1.807, 2.05) is 13.8 Å². The number of nitrogens with zero attached hydrogens (tertiary/aromatic N) is 3. The minimum atomic E-state index is -3.63. The molecule has 0 radical (unpaired) electrons. The molecule has 0 saturated carbocycles. The lowest BCUT2D eigenvalue weighted by atomic mass is 10.0. The summed E-state index contributed by atoms with van der Waals surface area (Å²) in [4.78, 5) is 25.4. The molecule has 4 rings (SSSR count). The van der Waals surface area contributed by atoms with Gasteiger partial charge in [0.05, 0.1) is 10.3 Å². The number of fused-ring (bicyclic) bond motifs is 1. The normalized spacial score (nSPS) is 19.7. The van der Waals surface area contributed by atoms with Crippen LogP contribution in [0.1, 0.15) is 43.6 Å². The number of rotatable bonds is 4. The van der Waals surface area contributed by atoms with Crippen molar-refractivity contribution in [2.75, 3.05) is 5.32 Å². The number of aryl methyl sites for hydroxylation is 1. The van der Waals surface area contributed by atoms with Gasteiger partial charge in [0.15, 0.2) is 5.69 Å². The number of amides is 1. The van der Waals surface area contributed by atoms with E-state index in [9.17, 15) is 18.0 Å². The van der Waals surface area contributed by atoms with Crippen molar-refractivity contribution in [1.29, 1.82) is 0 Å². The number of sulfonamides is 1. The van der Waals surface area contributed by atoms with E-state index in [1.165, 1.54) is 19.2 Å². The Morgan fingerprint density at radius 3 is 2.22 bits per heavy atom. The maximum Gasteiger partial charge on any atom is 0.276 e. The molecule has 9 heteroatoms. The Labute approximate surface area is 186 Å². The van der Waals surface area contributed by atoms with Crippen LogP contribution in [0.25, 0.3) is 10.8 Å². The van der Waals surface area contributed by atoms with Gasteiger partial charge >= 0.3 is 0 Å². The largest absolute Gasteiger partial charge is 0.321 e. The highest BCUT2D eigenvalue weighted by atomic mass is 32.2. The fourth-order valence-corrected chi connectivity index (χ4v) is 6.24. The monoisotopic (exact) mass is 454 g/mol. The highest BCUT2D eigenvalue weighted by Crippen LogP contribution is 2.30. The Morgan fingerprint density at radius 1 is 1.00 bits per heavy atom. The first-order chi connectivity index (χ1) is 15.2. The van der Waals surface area contributed by atoms with E-state index in [1.54, 1.807) is 40.7 Å². The van der Waals surface area contributed by atoms with Crippen molar-refractivity contribution in [2.24, 2.45) is 7.05 Å². The number of aromatic nitrogens is 2. The molecule has 1 N–H and O–H groups in total. The Bertz CT molecular complexity index is 1320. The zero-order valence-electron chi connectivity index (χ0n) is 18.3. The summed E-state index contributed by atoms with van der Waals surface area (Å²) in [5, 5.41) is 7.73. The van der Waals surface area contributed by atoms with Crippen LogP contribution in [0.4, 0.5) is 5.69 Å². The first kappa shape index (κ1) is 22.2. The third kappa shape index (κ3) is 3.93. The number of anilines is 1. The van der Waals surface area contributed by atoms with E-state index in [4.69, 9.17) is 0 Å². The molecule has 8 nitrogen and oxygen atoms in total. The molecule has 168 valence electrons. The van der Waals surface area contributed by atoms with Gasteiger partial charge in [-0.25, -0.2) is 13.1 Å². The number of piperidine rings is 1. The molecule has 2 aromatic carbocycles. The van der Waals surface area contributed by atoms with Crippen molar-refractivity contribution >= 4 is 32.4 Å². The van der Waals surface area contributed by atoms with E-state index in [0.29, 0.717) is 16.5 Å². The summed E-state index contributed by atoms with van der Waals surface area (Å²) in [7, 11) is -2.13. The number of hydrogen-bond acceptors (Lipinski definition) is 5. The third-order valence-electron chi connectivity index (χ3n) is 5.97. The standard InChI is InChI=1S/C23H26N4O4S/c1-15-7-6-8-16(2)27(15)32(30,31)18-13-11-17(12-14-18)24-22(28)21-19-9-4-5-10-20(19)23(29)26(3)25-21/h4-5,9-16H,6-8H2,1-3H3,(H,24,28)/t15-,16-/m1/s1. The average Bonchev–Trinajstić information content (AvgIpc) is 2.76. The molecular formula is C23H26N4O4S. The predicted octanol–water partition coefficient (Wildman–Crippen LogP) is 3.14. The molecule has 0 spiro atoms. The smallest absolute Gasteiger partial charge is 0.276 e. The van der Waals surface area contributed by atoms with Gasteiger partial charge in [-0.1, -0.05) is 24.6 Å². The van der Waals surface area contributed by atoms with Crippen LogP contribution in [0, 0.1) is 0 Å². The van der Waals surface area contributed by atoms with E-state index in [-0.39, 0.29) is 28.2 Å². The fraction of sp³-hybridized carbons (Fsp3) is 0.348. The molecule has 1 aliphatic heterocycles. The molecule has 1 aromatic heterocycles. The predicted molar refractivity (Wildman–Crippen MR) is 123 cm³/mol. The first-order valence-corrected chi connectivity index (χ1v) is 12.0. The summed E-state index contributed by atoms with van der Waals surface area (Å²) in [6, 6.07) is 12.8. The van der Waals surface area contributed by atoms with Crippen LogP contribution in [-0.2, 0) is 17.1 Å². The maximum atomic E-state index is 13.2. The fourth-order valence-electron chi connectivity index (χ4n) is 4.36. The Balaban J connectivity index is 1.60. The highest BCUT2D eigenvalue weighted by Gasteiger charge is 2.35. The summed E-state index contributed by atoms with van der Waals surface area (Å²) in [5.74, 6) is -0.481. The molecule has 2 atom stereocenters. The van der Waals surface area contributed by atoms with Crippen molar-refractivity contribution in [3.8, 4) is 0 Å². The lowest BCUT2D eigenvalue weighted by Gasteiger charge is -2.37. The third-order valence-corrected chi connectivity index (χ3v) is 8.11. The minimum Gasteiger partial charge on any atom is -0.321 e. The van der Waals surface area contributed by atoms with Gasteiger partial charge in [-0.15, -0.1) is 0 Å². The van der Waals surface area contributed by atoms with Crippen molar-refractivity contribution in [1.82, 2.24) is 14.1 Å². The van der Waals surface area contributed by atoms with E-state index >= 15 is 0 Å². The molecule has 0 unspecified atom stereocenters. The average molecular weight is 455 g/mol. The van der Waals surface area contributed by atoms with Crippen LogP contribution >= 0.6 is 0 Å². The van der Waals surface area contributed by atoms with Gasteiger partial charge < -0.3 is 5.32 Å². The topological polar surface area (TPSA) is 101 Å². The van der Waals surface area contributed by atoms with Crippen molar-refractivity contribution in [3.63, 3.8) is 0 Å². The van der Waals surface area contributed by atoms with Crippen molar-refractivity contribution in [2.45, 2.75) is 50.1 Å². The Morgan fingerprint density at radius 2 is 1.59 bits per heavy atom. The molecule has 2 heterocycles. The SMILES string of the molecule is C[C@@H]1CCC[C@@H](C)N1S(=O)(=O)c1ccc(NC(=O)c2nn(C)c(=O)c3ccccc23)cc1. The number of benzene rings is 2. The molecule has 1 amide bonds. The number of carbonyl (C=O) groups excluding carboxylic acids is 1. The molecule has 0 bridgehead atoms. The lowest BCUT2D eigenvalue weighted by Crippen LogP contribution is -2.47. The second kappa shape index (κ2) is 8.48. The summed E-state index contributed by atoms with van der Waals surface area (Å²) in [6.07, 6.45) is 2.71. The van der Waals surface area contributed by atoms with Gasteiger partial charge in [0.25, 0.3) is 11.5 Å². The van der Waals surface area contributed by atoms with Gasteiger partial charge in [0, 0.05) is 30.2 Å². The molecule has 1 saturated heterocycles. The van der Waals surface area contributed by atoms with E-state index in [2.05, 4.69) is 10.4 Å². The summed E-state index contributed by atoms with van der Waals surface area (Å²) in [5.41, 5.74) is 0.275. The van der Waals surface area contributed by atoms with E-state index in [0.717, 1.165) is 23.9 Å². The van der Waals surface area contributed by atoms with Gasteiger partial charge in [-0.05, 0) is 57.0 Å². The van der Waals surface area contributed by atoms with Crippen LogP contribution < -0.4 is 10.9 Å². The van der Waals surface area contributed by atoms with Crippen LogP contribution in [0.2, 0.25) is 0 Å². The highest BCUT2D eigenvalue weighted by molar-refractivity contribution is 7.89. The van der Waals surface area contributed by atoms with Gasteiger partial charge in [-0.2, -0.15) is 9.40 Å². The van der Waals surface area contributed by atoms with Gasteiger partial charge in [-0.3, -0.25) is 9.59 Å². The second-order valence-corrected chi connectivity index (χ2v) is 10.1. The first-order valence-electron chi connectivity index (χ1n) is 10.6. The zero-order valence-corrected chi connectivity index (χ0v) is 19.1. The Kier molecular flexibility index (Phi) is 5.87. The van der Waals surface area contributed by atoms with Crippen LogP contribution in [0.3, 0.4) is 0 Å². The van der Waals surface area contributed by atoms with Crippen LogP contribution in [0.5, 0.6) is 0 Å². The summed E-state index contributed by atoms with van der Waals surface area (Å²) >= 11 is 0. The van der Waals surface area contributed by atoms with Gasteiger partial charge in [0.2, 0.25) is 10.0 Å². The molecule has 1 aliphatic rings. The maximum absolute atomic E-state index is 13.2.